The van der Waals surface area contributed by atoms with Crippen molar-refractivity contribution in [1.29, 1.82) is 0 Å². The molecule has 0 N–H and O–H groups in total. The number of carbonyl (C=O) groups is 2. The second kappa shape index (κ2) is 9.69. The molecule has 4 heterocycles. The number of rotatable bonds is 5. The van der Waals surface area contributed by atoms with Crippen LogP contribution >= 0.6 is 24.2 Å². The number of fused-ring (bicyclic) bond motifs is 2. The Morgan fingerprint density at radius 2 is 1.88 bits per heavy atom. The number of ether oxygens (including phenoxy) is 2. The summed E-state index contributed by atoms with van der Waals surface area (Å²) in [5.74, 6) is 3.35. The molecule has 1 aromatic rings. The molecule has 2 amide bonds. The quantitative estimate of drug-likeness (QED) is 0.644. The maximum absolute atomic E-state index is 13.6. The second-order valence-electron chi connectivity index (χ2n) is 8.92. The van der Waals surface area contributed by atoms with E-state index >= 15 is 0 Å². The number of hydrogen-bond donors (Lipinski definition) is 0. The van der Waals surface area contributed by atoms with E-state index in [1.54, 1.807) is 11.8 Å². The van der Waals surface area contributed by atoms with Crippen molar-refractivity contribution in [3.63, 3.8) is 0 Å². The lowest BCUT2D eigenvalue weighted by Crippen LogP contribution is -2.72. The first kappa shape index (κ1) is 23.5. The largest absolute Gasteiger partial charge is 0.486 e. The number of piperidine rings is 1. The first-order valence-corrected chi connectivity index (χ1v) is 12.6. The summed E-state index contributed by atoms with van der Waals surface area (Å²) in [7, 11) is 0. The van der Waals surface area contributed by atoms with Crippen LogP contribution in [-0.4, -0.2) is 82.6 Å². The predicted molar refractivity (Wildman–Crippen MR) is 127 cm³/mol. The number of amides is 2. The smallest absolute Gasteiger partial charge is 0.250 e. The van der Waals surface area contributed by atoms with Crippen LogP contribution in [0.3, 0.4) is 0 Å². The van der Waals surface area contributed by atoms with Crippen molar-refractivity contribution in [1.82, 2.24) is 14.7 Å². The van der Waals surface area contributed by atoms with Gasteiger partial charge in [0.2, 0.25) is 11.8 Å². The van der Waals surface area contributed by atoms with Crippen molar-refractivity contribution in [2.75, 3.05) is 44.5 Å². The Morgan fingerprint density at radius 3 is 2.62 bits per heavy atom. The van der Waals surface area contributed by atoms with Gasteiger partial charge in [-0.3, -0.25) is 14.5 Å². The number of carbonyl (C=O) groups excluding carboxylic acids is 2. The molecule has 0 saturated carbocycles. The molecule has 0 bridgehead atoms. The number of halogens is 1. The molecule has 32 heavy (non-hydrogen) atoms. The number of benzene rings is 1. The molecular weight excluding hydrogens is 450 g/mol. The summed E-state index contributed by atoms with van der Waals surface area (Å²) >= 11 is 1.70. The van der Waals surface area contributed by atoms with E-state index in [-0.39, 0.29) is 30.3 Å². The van der Waals surface area contributed by atoms with Crippen LogP contribution < -0.4 is 9.47 Å². The van der Waals surface area contributed by atoms with Gasteiger partial charge in [0.25, 0.3) is 0 Å². The number of unbranched alkanes of at least 4 members (excludes halogenated alkanes) is 1. The summed E-state index contributed by atoms with van der Waals surface area (Å²) in [4.78, 5) is 33.1. The van der Waals surface area contributed by atoms with Crippen molar-refractivity contribution >= 4 is 36.0 Å². The molecule has 176 valence electrons. The number of thioether (sulfide) groups is 1. The fraction of sp³-hybridized carbons (Fsp3) is 0.652. The third kappa shape index (κ3) is 4.05. The van der Waals surface area contributed by atoms with Crippen LogP contribution in [0.1, 0.15) is 38.2 Å². The highest BCUT2D eigenvalue weighted by atomic mass is 35.5. The Hall–Kier alpha value is -1.64. The molecule has 0 radical (unpaired) electrons. The van der Waals surface area contributed by atoms with E-state index in [4.69, 9.17) is 9.47 Å². The molecule has 0 unspecified atom stereocenters. The lowest BCUT2D eigenvalue weighted by Gasteiger charge is -2.53. The van der Waals surface area contributed by atoms with Crippen LogP contribution in [0.25, 0.3) is 0 Å². The molecule has 1 spiro atoms. The van der Waals surface area contributed by atoms with Crippen LogP contribution in [0.5, 0.6) is 11.5 Å². The normalized spacial score (nSPS) is 24.5. The van der Waals surface area contributed by atoms with Crippen molar-refractivity contribution in [3.8, 4) is 11.5 Å². The van der Waals surface area contributed by atoms with Crippen LogP contribution in [0.4, 0.5) is 0 Å². The van der Waals surface area contributed by atoms with E-state index in [1.165, 1.54) is 5.56 Å². The Bertz CT molecular complexity index is 862. The number of hydrogen-bond acceptors (Lipinski definition) is 6. The van der Waals surface area contributed by atoms with Gasteiger partial charge in [0.1, 0.15) is 24.8 Å². The van der Waals surface area contributed by atoms with Crippen LogP contribution in [0, 0.1) is 0 Å². The molecule has 4 aliphatic heterocycles. The Morgan fingerprint density at radius 1 is 1.12 bits per heavy atom. The maximum atomic E-state index is 13.6. The van der Waals surface area contributed by atoms with Crippen molar-refractivity contribution in [2.45, 2.75) is 50.7 Å². The highest BCUT2D eigenvalue weighted by Gasteiger charge is 2.57. The summed E-state index contributed by atoms with van der Waals surface area (Å²) in [5.41, 5.74) is 0.529. The summed E-state index contributed by atoms with van der Waals surface area (Å²) in [6.45, 7) is 6.44. The number of piperazine rings is 1. The van der Waals surface area contributed by atoms with E-state index < -0.39 is 5.54 Å². The van der Waals surface area contributed by atoms with Gasteiger partial charge in [-0.1, -0.05) is 19.4 Å². The molecule has 7 nitrogen and oxygen atoms in total. The molecule has 0 aromatic heterocycles. The van der Waals surface area contributed by atoms with E-state index in [1.807, 2.05) is 15.9 Å². The van der Waals surface area contributed by atoms with E-state index in [2.05, 4.69) is 24.0 Å². The lowest BCUT2D eigenvalue weighted by atomic mass is 9.81. The van der Waals surface area contributed by atoms with Crippen LogP contribution in [0.2, 0.25) is 0 Å². The van der Waals surface area contributed by atoms with E-state index in [9.17, 15) is 9.59 Å². The molecule has 3 saturated heterocycles. The van der Waals surface area contributed by atoms with Gasteiger partial charge in [-0.05, 0) is 37.0 Å². The zero-order valence-electron chi connectivity index (χ0n) is 18.6. The van der Waals surface area contributed by atoms with Crippen LogP contribution in [-0.2, 0) is 16.1 Å². The average molecular weight is 482 g/mol. The molecule has 1 aromatic carbocycles. The number of nitrogens with zero attached hydrogens (tertiary/aromatic N) is 3. The monoisotopic (exact) mass is 481 g/mol. The minimum absolute atomic E-state index is 0. The van der Waals surface area contributed by atoms with Crippen LogP contribution in [0.15, 0.2) is 18.2 Å². The lowest BCUT2D eigenvalue weighted by molar-refractivity contribution is -0.172. The van der Waals surface area contributed by atoms with E-state index in [0.29, 0.717) is 38.5 Å². The predicted octanol–water partition coefficient (Wildman–Crippen LogP) is 2.76. The third-order valence-electron chi connectivity index (χ3n) is 7.04. The molecule has 5 rings (SSSR count). The maximum Gasteiger partial charge on any atom is 0.250 e. The first-order valence-electron chi connectivity index (χ1n) is 11.4. The standard InChI is InChI=1S/C23H31N3O4S.ClH/c1-2-3-8-26-21(27)18-15-31-16-25(18)22(28)23(26)6-9-24(10-7-23)14-17-4-5-19-20(13-17)30-12-11-29-19;/h4-5,13,18H,2-3,6-12,14-16H2,1H3;1H/t18-;/m0./s1. The summed E-state index contributed by atoms with van der Waals surface area (Å²) in [5, 5.41) is 0. The third-order valence-corrected chi connectivity index (χ3v) is 8.05. The summed E-state index contributed by atoms with van der Waals surface area (Å²) in [6.07, 6.45) is 3.38. The Labute approximate surface area is 200 Å². The van der Waals surface area contributed by atoms with Gasteiger partial charge in [0, 0.05) is 31.9 Å². The van der Waals surface area contributed by atoms with Crippen molar-refractivity contribution in [2.24, 2.45) is 0 Å². The SMILES string of the molecule is CCCCN1C(=O)[C@@H]2CSCN2C(=O)C12CCN(Cc1ccc3c(c1)OCCO3)CC2.Cl. The van der Waals surface area contributed by atoms with Gasteiger partial charge in [-0.2, -0.15) is 0 Å². The molecular formula is C23H32ClN3O4S. The van der Waals surface area contributed by atoms with Gasteiger partial charge < -0.3 is 19.3 Å². The first-order chi connectivity index (χ1) is 15.1. The molecule has 1 atom stereocenters. The Balaban J connectivity index is 0.00000245. The van der Waals surface area contributed by atoms with Gasteiger partial charge in [0.05, 0.1) is 5.88 Å². The zero-order valence-corrected chi connectivity index (χ0v) is 20.2. The van der Waals surface area contributed by atoms with Gasteiger partial charge in [-0.15, -0.1) is 24.2 Å². The second-order valence-corrected chi connectivity index (χ2v) is 9.92. The molecule has 3 fully saturated rings. The fourth-order valence-electron chi connectivity index (χ4n) is 5.27. The van der Waals surface area contributed by atoms with Gasteiger partial charge in [0.15, 0.2) is 11.5 Å². The van der Waals surface area contributed by atoms with Gasteiger partial charge >= 0.3 is 0 Å². The number of likely N-dealkylation sites (tertiary alicyclic amines) is 1. The molecule has 9 heteroatoms. The summed E-state index contributed by atoms with van der Waals surface area (Å²) in [6, 6.07) is 5.88. The van der Waals surface area contributed by atoms with Crippen molar-refractivity contribution in [3.05, 3.63) is 23.8 Å². The highest BCUT2D eigenvalue weighted by Crippen LogP contribution is 2.40. The fourth-order valence-corrected chi connectivity index (χ4v) is 6.42. The topological polar surface area (TPSA) is 62.3 Å². The Kier molecular flexibility index (Phi) is 7.12. The van der Waals surface area contributed by atoms with Crippen molar-refractivity contribution < 1.29 is 19.1 Å². The average Bonchev–Trinajstić information content (AvgIpc) is 3.29. The van der Waals surface area contributed by atoms with E-state index in [0.717, 1.165) is 49.7 Å². The summed E-state index contributed by atoms with van der Waals surface area (Å²) < 4.78 is 11.3. The minimum atomic E-state index is -0.656. The molecule has 4 aliphatic rings. The highest BCUT2D eigenvalue weighted by molar-refractivity contribution is 7.99. The minimum Gasteiger partial charge on any atom is -0.486 e. The van der Waals surface area contributed by atoms with Gasteiger partial charge in [-0.25, -0.2) is 0 Å². The zero-order chi connectivity index (χ0) is 21.4. The molecule has 0 aliphatic carbocycles.